The Balaban J connectivity index is 1.34. The third-order valence-corrected chi connectivity index (χ3v) is 8.28. The number of rotatable bonds is 2. The van der Waals surface area contributed by atoms with Gasteiger partial charge in [-0.25, -0.2) is 15.0 Å². The molecule has 1 aliphatic carbocycles. The largest absolute Gasteiger partial charge is 0.390 e. The van der Waals surface area contributed by atoms with Gasteiger partial charge in [0.2, 0.25) is 5.91 Å². The zero-order valence-corrected chi connectivity index (χ0v) is 20.1. The molecule has 4 N–H and O–H groups in total. The number of carbonyl (C=O) groups excluding carboxylic acids is 1. The van der Waals surface area contributed by atoms with Gasteiger partial charge in [0.25, 0.3) is 0 Å². The molecule has 2 aliphatic rings. The number of aliphatic hydroxyl groups is 2. The van der Waals surface area contributed by atoms with Gasteiger partial charge in [0.15, 0.2) is 0 Å². The summed E-state index contributed by atoms with van der Waals surface area (Å²) >= 11 is 9.54. The van der Waals surface area contributed by atoms with Crippen molar-refractivity contribution in [2.24, 2.45) is 5.41 Å². The Morgan fingerprint density at radius 2 is 2.03 bits per heavy atom. The Labute approximate surface area is 207 Å². The highest BCUT2D eigenvalue weighted by Crippen LogP contribution is 2.52. The van der Waals surface area contributed by atoms with E-state index in [9.17, 15) is 15.0 Å². The van der Waals surface area contributed by atoms with Gasteiger partial charge in [0.05, 0.1) is 27.5 Å². The number of fused-ring (bicyclic) bond motifs is 2. The fraction of sp³-hybridized carbons (Fsp3) is 0.304. The average Bonchev–Trinajstić information content (AvgIpc) is 3.45. The molecule has 4 aromatic rings. The predicted octanol–water partition coefficient (Wildman–Crippen LogP) is 3.07. The third kappa shape index (κ3) is 3.13. The van der Waals surface area contributed by atoms with E-state index in [1.165, 1.54) is 6.33 Å². The summed E-state index contributed by atoms with van der Waals surface area (Å²) in [6.07, 6.45) is 1.57. The molecule has 1 saturated carbocycles. The molecule has 2 fully saturated rings. The van der Waals surface area contributed by atoms with Crippen molar-refractivity contribution < 1.29 is 15.0 Å². The molecule has 11 heteroatoms. The minimum absolute atomic E-state index is 0.113. The number of amides is 1. The Morgan fingerprint density at radius 1 is 1.21 bits per heavy atom. The monoisotopic (exact) mass is 542 g/mol. The van der Waals surface area contributed by atoms with Crippen LogP contribution in [0.1, 0.15) is 18.9 Å². The van der Waals surface area contributed by atoms with E-state index in [1.54, 1.807) is 17.2 Å². The highest BCUT2D eigenvalue weighted by Gasteiger charge is 2.58. The Morgan fingerprint density at radius 3 is 2.85 bits per heavy atom. The molecule has 0 unspecified atom stereocenters. The standard InChI is InChI=1S/C23H20BrClN6O3/c24-14-5-11-1-2-12(6-15(11)29-20(14)25)31-9-23(8-17(31)32)7-16(18(33)19(23)34)30-4-3-13-21(26)27-10-28-22(13)30/h1-6,10,16,18-19,33-34H,7-9H2,(H2,26,27,28)/t16-,18+,19+,23+/m1/s1. The van der Waals surface area contributed by atoms with Crippen LogP contribution >= 0.6 is 27.5 Å². The third-order valence-electron chi connectivity index (χ3n) is 7.16. The molecule has 34 heavy (non-hydrogen) atoms. The fourth-order valence-electron chi connectivity index (χ4n) is 5.45. The van der Waals surface area contributed by atoms with Crippen LogP contribution in [0, 0.1) is 5.41 Å². The number of carbonyl (C=O) groups is 1. The summed E-state index contributed by atoms with van der Waals surface area (Å²) in [6, 6.07) is 8.78. The molecule has 1 aromatic carbocycles. The summed E-state index contributed by atoms with van der Waals surface area (Å²) < 4.78 is 2.52. The van der Waals surface area contributed by atoms with Crippen LogP contribution in [0.4, 0.5) is 11.5 Å². The number of benzene rings is 1. The number of aliphatic hydroxyl groups excluding tert-OH is 2. The van der Waals surface area contributed by atoms with Gasteiger partial charge in [-0.2, -0.15) is 0 Å². The van der Waals surface area contributed by atoms with E-state index < -0.39 is 23.7 Å². The Kier molecular flexibility index (Phi) is 4.86. The SMILES string of the molecule is Nc1ncnc2c1ccn2[C@@H]1C[C@@]2(CC(=O)N(c3ccc4cc(Br)c(Cl)nc4c3)C2)[C@@H](O)[C@H]1O. The predicted molar refractivity (Wildman–Crippen MR) is 131 cm³/mol. The van der Waals surface area contributed by atoms with Crippen LogP contribution in [0.2, 0.25) is 5.15 Å². The lowest BCUT2D eigenvalue weighted by atomic mass is 9.82. The van der Waals surface area contributed by atoms with Crippen molar-refractivity contribution in [1.29, 1.82) is 0 Å². The van der Waals surface area contributed by atoms with Gasteiger partial charge in [0, 0.05) is 35.7 Å². The Bertz CT molecular complexity index is 1480. The minimum Gasteiger partial charge on any atom is -0.390 e. The van der Waals surface area contributed by atoms with Crippen LogP contribution in [0.15, 0.2) is 47.3 Å². The normalized spacial score (nSPS) is 27.0. The number of anilines is 2. The molecule has 9 nitrogen and oxygen atoms in total. The summed E-state index contributed by atoms with van der Waals surface area (Å²) in [4.78, 5) is 27.5. The van der Waals surface area contributed by atoms with E-state index in [4.69, 9.17) is 17.3 Å². The highest BCUT2D eigenvalue weighted by atomic mass is 79.9. The first-order valence-corrected chi connectivity index (χ1v) is 11.9. The first-order valence-electron chi connectivity index (χ1n) is 10.8. The molecule has 3 aromatic heterocycles. The van der Waals surface area contributed by atoms with Crippen molar-refractivity contribution in [3.63, 3.8) is 0 Å². The summed E-state index contributed by atoms with van der Waals surface area (Å²) in [7, 11) is 0. The number of halogens is 2. The second kappa shape index (κ2) is 7.61. The first-order chi connectivity index (χ1) is 16.3. The minimum atomic E-state index is -1.08. The molecular weight excluding hydrogens is 524 g/mol. The van der Waals surface area contributed by atoms with Gasteiger partial charge in [-0.15, -0.1) is 0 Å². The van der Waals surface area contributed by atoms with Crippen LogP contribution in [0.25, 0.3) is 21.9 Å². The first kappa shape index (κ1) is 21.7. The Hall–Kier alpha value is -2.79. The maximum atomic E-state index is 13.1. The quantitative estimate of drug-likeness (QED) is 0.331. The molecule has 0 bridgehead atoms. The second-order valence-electron chi connectivity index (χ2n) is 9.08. The van der Waals surface area contributed by atoms with Gasteiger partial charge in [-0.05, 0) is 46.6 Å². The van der Waals surface area contributed by atoms with Crippen LogP contribution in [-0.4, -0.2) is 54.4 Å². The van der Waals surface area contributed by atoms with Crippen molar-refractivity contribution in [2.45, 2.75) is 31.1 Å². The number of hydrogen-bond donors (Lipinski definition) is 3. The van der Waals surface area contributed by atoms with Crippen molar-refractivity contribution in [2.75, 3.05) is 17.2 Å². The van der Waals surface area contributed by atoms with E-state index in [0.717, 1.165) is 5.39 Å². The molecule has 4 atom stereocenters. The van der Waals surface area contributed by atoms with Gasteiger partial charge >= 0.3 is 0 Å². The molecule has 6 rings (SSSR count). The number of pyridine rings is 1. The van der Waals surface area contributed by atoms with Crippen molar-refractivity contribution >= 4 is 66.9 Å². The second-order valence-corrected chi connectivity index (χ2v) is 10.3. The fourth-order valence-corrected chi connectivity index (χ4v) is 5.93. The summed E-state index contributed by atoms with van der Waals surface area (Å²) in [5, 5.41) is 24.1. The zero-order valence-electron chi connectivity index (χ0n) is 17.8. The van der Waals surface area contributed by atoms with Crippen LogP contribution in [0.5, 0.6) is 0 Å². The molecule has 0 radical (unpaired) electrons. The molecular formula is C23H20BrClN6O3. The lowest BCUT2D eigenvalue weighted by Gasteiger charge is -2.27. The molecule has 1 aliphatic heterocycles. The molecule has 1 spiro atoms. The van der Waals surface area contributed by atoms with Gasteiger partial charge < -0.3 is 25.4 Å². The molecule has 4 heterocycles. The number of nitrogen functional groups attached to an aromatic ring is 1. The molecule has 1 saturated heterocycles. The summed E-state index contributed by atoms with van der Waals surface area (Å²) in [6.45, 7) is 0.284. The molecule has 1 amide bonds. The number of nitrogens with zero attached hydrogens (tertiary/aromatic N) is 5. The van der Waals surface area contributed by atoms with Gasteiger partial charge in [-0.1, -0.05) is 17.7 Å². The van der Waals surface area contributed by atoms with Crippen molar-refractivity contribution in [3.8, 4) is 0 Å². The number of nitrogens with two attached hydrogens (primary N) is 1. The van der Waals surface area contributed by atoms with E-state index >= 15 is 0 Å². The molecule has 174 valence electrons. The maximum absolute atomic E-state index is 13.1. The van der Waals surface area contributed by atoms with E-state index in [2.05, 4.69) is 30.9 Å². The number of hydrogen-bond acceptors (Lipinski definition) is 7. The van der Waals surface area contributed by atoms with Gasteiger partial charge in [-0.3, -0.25) is 4.79 Å². The van der Waals surface area contributed by atoms with Crippen molar-refractivity contribution in [1.82, 2.24) is 19.5 Å². The lowest BCUT2D eigenvalue weighted by molar-refractivity contribution is -0.118. The van der Waals surface area contributed by atoms with E-state index in [1.807, 2.05) is 28.8 Å². The smallest absolute Gasteiger partial charge is 0.227 e. The zero-order chi connectivity index (χ0) is 23.8. The number of aromatic nitrogens is 4. The lowest BCUT2D eigenvalue weighted by Crippen LogP contribution is -2.38. The highest BCUT2D eigenvalue weighted by molar-refractivity contribution is 9.10. The van der Waals surface area contributed by atoms with Crippen LogP contribution in [0.3, 0.4) is 0 Å². The van der Waals surface area contributed by atoms with Crippen LogP contribution < -0.4 is 10.6 Å². The summed E-state index contributed by atoms with van der Waals surface area (Å²) in [5.74, 6) is 0.240. The summed E-state index contributed by atoms with van der Waals surface area (Å²) in [5.41, 5.74) is 7.10. The van der Waals surface area contributed by atoms with E-state index in [0.29, 0.717) is 44.1 Å². The van der Waals surface area contributed by atoms with Crippen molar-refractivity contribution in [3.05, 3.63) is 52.5 Å². The van der Waals surface area contributed by atoms with Gasteiger partial charge in [0.1, 0.15) is 29.0 Å². The average molecular weight is 544 g/mol. The maximum Gasteiger partial charge on any atom is 0.227 e. The van der Waals surface area contributed by atoms with E-state index in [-0.39, 0.29) is 18.9 Å². The topological polar surface area (TPSA) is 130 Å². The van der Waals surface area contributed by atoms with Crippen LogP contribution in [-0.2, 0) is 4.79 Å².